The molecule has 3 heterocycles. The Morgan fingerprint density at radius 2 is 2.15 bits per heavy atom. The number of fused-ring (bicyclic) bond motifs is 1. The van der Waals surface area contributed by atoms with Gasteiger partial charge in [-0.3, -0.25) is 9.69 Å². The number of aromatic nitrogens is 3. The predicted octanol–water partition coefficient (Wildman–Crippen LogP) is 4.92. The summed E-state index contributed by atoms with van der Waals surface area (Å²) in [7, 11) is 0. The molecular formula is C25H36N6O2S. The van der Waals surface area contributed by atoms with E-state index in [4.69, 9.17) is 19.9 Å². The third-order valence-electron chi connectivity index (χ3n) is 7.16. The quantitative estimate of drug-likeness (QED) is 0.278. The average Bonchev–Trinajstić information content (AvgIpc) is 3.50. The van der Waals surface area contributed by atoms with Crippen molar-refractivity contribution in [2.24, 2.45) is 0 Å². The highest BCUT2D eigenvalue weighted by molar-refractivity contribution is 7.98. The summed E-state index contributed by atoms with van der Waals surface area (Å²) < 4.78 is 5.75. The molecule has 1 aliphatic heterocycles. The van der Waals surface area contributed by atoms with Gasteiger partial charge in [0.05, 0.1) is 11.5 Å². The fourth-order valence-electron chi connectivity index (χ4n) is 5.43. The normalized spacial score (nSPS) is 21.3. The lowest BCUT2D eigenvalue weighted by Gasteiger charge is -2.30. The van der Waals surface area contributed by atoms with Gasteiger partial charge in [0.25, 0.3) is 0 Å². The van der Waals surface area contributed by atoms with Crippen LogP contribution in [0.4, 0.5) is 5.82 Å². The summed E-state index contributed by atoms with van der Waals surface area (Å²) in [5.41, 5.74) is 2.28. The van der Waals surface area contributed by atoms with Crippen LogP contribution in [-0.2, 0) is 11.2 Å². The molecule has 8 nitrogen and oxygen atoms in total. The highest BCUT2D eigenvalue weighted by atomic mass is 32.2. The SMILES string of the molecule is CCCC(=O)[C@H]1CCCc2c(-c3nc(N[C@@H](C)[C@@H]4CCCN4CC)c(C=N)c(SC)n3)noc21. The van der Waals surface area contributed by atoms with E-state index < -0.39 is 0 Å². The number of thioether (sulfide) groups is 1. The zero-order chi connectivity index (χ0) is 24.2. The highest BCUT2D eigenvalue weighted by Crippen LogP contribution is 2.39. The molecule has 2 aliphatic rings. The van der Waals surface area contributed by atoms with Crippen LogP contribution in [0.2, 0.25) is 0 Å². The summed E-state index contributed by atoms with van der Waals surface area (Å²) in [6, 6.07) is 0.616. The lowest BCUT2D eigenvalue weighted by atomic mass is 9.83. The second kappa shape index (κ2) is 11.0. The van der Waals surface area contributed by atoms with Gasteiger partial charge < -0.3 is 15.2 Å². The summed E-state index contributed by atoms with van der Waals surface area (Å²) >= 11 is 1.49. The molecular weight excluding hydrogens is 448 g/mol. The van der Waals surface area contributed by atoms with Gasteiger partial charge in [-0.05, 0) is 64.8 Å². The van der Waals surface area contributed by atoms with Crippen LogP contribution in [0.3, 0.4) is 0 Å². The molecule has 0 aromatic carbocycles. The number of likely N-dealkylation sites (tertiary alicyclic amines) is 1. The van der Waals surface area contributed by atoms with Crippen LogP contribution in [0.1, 0.15) is 82.1 Å². The van der Waals surface area contributed by atoms with E-state index in [9.17, 15) is 4.79 Å². The number of nitrogens with one attached hydrogen (secondary N) is 2. The number of hydrogen-bond acceptors (Lipinski definition) is 9. The van der Waals surface area contributed by atoms with Gasteiger partial charge in [-0.25, -0.2) is 9.97 Å². The molecule has 2 aromatic heterocycles. The van der Waals surface area contributed by atoms with Gasteiger partial charge >= 0.3 is 0 Å². The van der Waals surface area contributed by atoms with E-state index >= 15 is 0 Å². The van der Waals surface area contributed by atoms with Crippen molar-refractivity contribution in [3.8, 4) is 11.5 Å². The van der Waals surface area contributed by atoms with Gasteiger partial charge in [0.1, 0.15) is 16.6 Å². The van der Waals surface area contributed by atoms with Crippen LogP contribution < -0.4 is 5.32 Å². The second-order valence-electron chi connectivity index (χ2n) is 9.27. The maximum atomic E-state index is 12.7. The second-order valence-corrected chi connectivity index (χ2v) is 10.1. The third-order valence-corrected chi connectivity index (χ3v) is 7.86. The monoisotopic (exact) mass is 484 g/mol. The number of anilines is 1. The molecule has 34 heavy (non-hydrogen) atoms. The Labute approximate surface area is 206 Å². The summed E-state index contributed by atoms with van der Waals surface area (Å²) in [6.45, 7) is 8.57. The van der Waals surface area contributed by atoms with E-state index in [2.05, 4.69) is 29.2 Å². The molecule has 4 rings (SSSR count). The molecule has 1 fully saturated rings. The standard InChI is InChI=1S/C25H36N6O2S/c1-5-9-20(32)16-10-7-11-17-21(30-33-22(16)17)24-28-23(18(14-26)25(29-24)34-4)27-15(3)19-12-8-13-31(19)6-2/h14-16,19,26H,5-13H2,1-4H3,(H,27,28,29)/t15-,16+,19-/m0/s1. The lowest BCUT2D eigenvalue weighted by molar-refractivity contribution is -0.121. The first-order valence-corrected chi connectivity index (χ1v) is 13.7. The molecule has 0 unspecified atom stereocenters. The minimum absolute atomic E-state index is 0.181. The maximum absolute atomic E-state index is 12.7. The van der Waals surface area contributed by atoms with Crippen LogP contribution in [0.15, 0.2) is 9.55 Å². The number of likely N-dealkylation sites (N-methyl/N-ethyl adjacent to an activating group) is 1. The molecule has 9 heteroatoms. The molecule has 0 saturated carbocycles. The fraction of sp³-hybridized carbons (Fsp3) is 0.640. The Hall–Kier alpha value is -2.26. The third kappa shape index (κ3) is 4.77. The van der Waals surface area contributed by atoms with Crippen molar-refractivity contribution in [2.45, 2.75) is 88.7 Å². The van der Waals surface area contributed by atoms with Crippen molar-refractivity contribution in [3.63, 3.8) is 0 Å². The Morgan fingerprint density at radius 1 is 1.32 bits per heavy atom. The average molecular weight is 485 g/mol. The Balaban J connectivity index is 1.70. The van der Waals surface area contributed by atoms with Crippen molar-refractivity contribution < 1.29 is 9.32 Å². The molecule has 3 atom stereocenters. The first-order valence-electron chi connectivity index (χ1n) is 12.5. The first-order chi connectivity index (χ1) is 16.5. The largest absolute Gasteiger partial charge is 0.365 e. The summed E-state index contributed by atoms with van der Waals surface area (Å²) in [6.07, 6.45) is 9.57. The number of rotatable bonds is 10. The van der Waals surface area contributed by atoms with Gasteiger partial charge in [-0.2, -0.15) is 0 Å². The van der Waals surface area contributed by atoms with Crippen molar-refractivity contribution >= 4 is 29.6 Å². The van der Waals surface area contributed by atoms with Gasteiger partial charge in [-0.15, -0.1) is 11.8 Å². The van der Waals surface area contributed by atoms with Crippen LogP contribution in [0, 0.1) is 5.41 Å². The van der Waals surface area contributed by atoms with Gasteiger partial charge in [0.2, 0.25) is 0 Å². The number of carbonyl (C=O) groups is 1. The molecule has 2 aromatic rings. The van der Waals surface area contributed by atoms with Crippen molar-refractivity contribution in [1.82, 2.24) is 20.0 Å². The zero-order valence-corrected chi connectivity index (χ0v) is 21.5. The lowest BCUT2D eigenvalue weighted by Crippen LogP contribution is -2.41. The van der Waals surface area contributed by atoms with E-state index in [0.29, 0.717) is 41.1 Å². The van der Waals surface area contributed by atoms with E-state index in [1.165, 1.54) is 24.4 Å². The number of nitrogens with zero attached hydrogens (tertiary/aromatic N) is 4. The van der Waals surface area contributed by atoms with Crippen LogP contribution in [0.5, 0.6) is 0 Å². The molecule has 0 spiro atoms. The van der Waals surface area contributed by atoms with Crippen molar-refractivity contribution in [3.05, 3.63) is 16.9 Å². The zero-order valence-electron chi connectivity index (χ0n) is 20.7. The van der Waals surface area contributed by atoms with Crippen LogP contribution in [0.25, 0.3) is 11.5 Å². The maximum Gasteiger partial charge on any atom is 0.185 e. The molecule has 2 N–H and O–H groups in total. The number of Topliss-reactive ketones (excluding diaryl/α,β-unsaturated/α-hetero) is 1. The molecule has 184 valence electrons. The molecule has 0 amide bonds. The van der Waals surface area contributed by atoms with E-state index in [0.717, 1.165) is 55.8 Å². The highest BCUT2D eigenvalue weighted by Gasteiger charge is 2.34. The summed E-state index contributed by atoms with van der Waals surface area (Å²) in [5, 5.41) is 16.7. The van der Waals surface area contributed by atoms with E-state index in [-0.39, 0.29) is 17.7 Å². The molecule has 1 saturated heterocycles. The minimum Gasteiger partial charge on any atom is -0.365 e. The molecule has 0 radical (unpaired) electrons. The molecule has 0 bridgehead atoms. The Kier molecular flexibility index (Phi) is 8.03. The van der Waals surface area contributed by atoms with Crippen LogP contribution >= 0.6 is 11.8 Å². The van der Waals surface area contributed by atoms with Gasteiger partial charge in [-0.1, -0.05) is 19.0 Å². The van der Waals surface area contributed by atoms with E-state index in [1.54, 1.807) is 0 Å². The topological polar surface area (TPSA) is 108 Å². The summed E-state index contributed by atoms with van der Waals surface area (Å²) in [5.74, 6) is 1.86. The number of ketones is 1. The smallest absolute Gasteiger partial charge is 0.185 e. The predicted molar refractivity (Wildman–Crippen MR) is 136 cm³/mol. The minimum atomic E-state index is -0.217. The first kappa shape index (κ1) is 24.9. The number of carbonyl (C=O) groups excluding carboxylic acids is 1. The molecule has 1 aliphatic carbocycles. The number of hydrogen-bond donors (Lipinski definition) is 2. The van der Waals surface area contributed by atoms with Gasteiger partial charge in [0.15, 0.2) is 17.3 Å². The van der Waals surface area contributed by atoms with Crippen molar-refractivity contribution in [1.29, 1.82) is 5.41 Å². The van der Waals surface area contributed by atoms with E-state index in [1.807, 2.05) is 13.2 Å². The Bertz CT molecular complexity index is 1040. The van der Waals surface area contributed by atoms with Gasteiger partial charge in [0, 0.05) is 30.3 Å². The summed E-state index contributed by atoms with van der Waals surface area (Å²) in [4.78, 5) is 24.8. The fourth-order valence-corrected chi connectivity index (χ4v) is 5.98. The van der Waals surface area contributed by atoms with Crippen LogP contribution in [-0.4, -0.2) is 63.5 Å². The van der Waals surface area contributed by atoms with Crippen molar-refractivity contribution in [2.75, 3.05) is 24.7 Å². The Morgan fingerprint density at radius 3 is 2.85 bits per heavy atom.